The van der Waals surface area contributed by atoms with Crippen LogP contribution in [0, 0.1) is 0 Å². The highest BCUT2D eigenvalue weighted by molar-refractivity contribution is 9.13. The molecule has 1 rings (SSSR count). The second-order valence-corrected chi connectivity index (χ2v) is 6.52. The summed E-state index contributed by atoms with van der Waals surface area (Å²) in [6, 6.07) is 2.08. The van der Waals surface area contributed by atoms with Crippen LogP contribution >= 0.6 is 43.2 Å². The van der Waals surface area contributed by atoms with Gasteiger partial charge in [0.05, 0.1) is 3.79 Å². The van der Waals surface area contributed by atoms with Crippen LogP contribution in [0.2, 0.25) is 0 Å². The van der Waals surface area contributed by atoms with Crippen molar-refractivity contribution in [1.82, 2.24) is 10.6 Å². The number of hydrogen-bond donors (Lipinski definition) is 2. The van der Waals surface area contributed by atoms with Crippen LogP contribution in [-0.4, -0.2) is 19.0 Å². The minimum Gasteiger partial charge on any atom is -0.356 e. The zero-order valence-corrected chi connectivity index (χ0v) is 13.0. The molecular formula is C10H14Br2N2OS. The highest BCUT2D eigenvalue weighted by Crippen LogP contribution is 2.32. The van der Waals surface area contributed by atoms with Crippen molar-refractivity contribution in [3.05, 3.63) is 19.2 Å². The normalized spacial score (nSPS) is 10.4. The van der Waals surface area contributed by atoms with Crippen LogP contribution in [0.5, 0.6) is 0 Å². The molecule has 1 aromatic rings. The first-order valence-corrected chi connectivity index (χ1v) is 7.45. The van der Waals surface area contributed by atoms with E-state index >= 15 is 0 Å². The molecule has 0 aliphatic carbocycles. The monoisotopic (exact) mass is 368 g/mol. The first kappa shape index (κ1) is 14.2. The fraction of sp³-hybridized carbons (Fsp3) is 0.500. The number of amides is 1. The summed E-state index contributed by atoms with van der Waals surface area (Å²) in [5.74, 6) is 0.101. The number of carbonyl (C=O) groups is 1. The van der Waals surface area contributed by atoms with Crippen LogP contribution in [0.4, 0.5) is 0 Å². The fourth-order valence-corrected chi connectivity index (χ4v) is 3.32. The van der Waals surface area contributed by atoms with Gasteiger partial charge in [-0.05, 0) is 44.8 Å². The van der Waals surface area contributed by atoms with Crippen LogP contribution in [0.1, 0.15) is 18.2 Å². The number of nitrogens with one attached hydrogen (secondary N) is 2. The van der Waals surface area contributed by atoms with E-state index in [0.717, 1.165) is 14.8 Å². The van der Waals surface area contributed by atoms with Crippen molar-refractivity contribution < 1.29 is 4.79 Å². The number of rotatable bonds is 6. The Morgan fingerprint density at radius 2 is 2.25 bits per heavy atom. The molecule has 0 aliphatic heterocycles. The fourth-order valence-electron chi connectivity index (χ4n) is 1.18. The maximum atomic E-state index is 11.1. The van der Waals surface area contributed by atoms with Gasteiger partial charge in [-0.25, -0.2) is 0 Å². The van der Waals surface area contributed by atoms with Gasteiger partial charge in [0.15, 0.2) is 0 Å². The van der Waals surface area contributed by atoms with Crippen molar-refractivity contribution in [3.8, 4) is 0 Å². The predicted molar refractivity (Wildman–Crippen MR) is 74.7 cm³/mol. The van der Waals surface area contributed by atoms with Gasteiger partial charge in [-0.2, -0.15) is 0 Å². The molecule has 0 atom stereocenters. The topological polar surface area (TPSA) is 41.1 Å². The van der Waals surface area contributed by atoms with Gasteiger partial charge in [-0.3, -0.25) is 4.79 Å². The number of carbonyl (C=O) groups excluding carboxylic acids is 1. The molecule has 0 spiro atoms. The highest BCUT2D eigenvalue weighted by atomic mass is 79.9. The van der Waals surface area contributed by atoms with E-state index in [1.807, 2.05) is 6.92 Å². The minimum absolute atomic E-state index is 0.101. The van der Waals surface area contributed by atoms with Crippen molar-refractivity contribution in [3.63, 3.8) is 0 Å². The Kier molecular flexibility index (Phi) is 6.57. The van der Waals surface area contributed by atoms with E-state index in [1.54, 1.807) is 11.3 Å². The lowest BCUT2D eigenvalue weighted by atomic mass is 10.4. The van der Waals surface area contributed by atoms with Crippen LogP contribution in [-0.2, 0) is 11.3 Å². The van der Waals surface area contributed by atoms with Crippen molar-refractivity contribution in [2.24, 2.45) is 0 Å². The summed E-state index contributed by atoms with van der Waals surface area (Å²) in [7, 11) is 0. The summed E-state index contributed by atoms with van der Waals surface area (Å²) < 4.78 is 2.19. The average Bonchev–Trinajstić information content (AvgIpc) is 2.54. The van der Waals surface area contributed by atoms with Crippen molar-refractivity contribution in [2.45, 2.75) is 19.9 Å². The Morgan fingerprint density at radius 3 is 2.81 bits per heavy atom. The van der Waals surface area contributed by atoms with E-state index in [4.69, 9.17) is 0 Å². The Labute approximate surface area is 116 Å². The molecule has 90 valence electrons. The molecule has 3 nitrogen and oxygen atoms in total. The first-order chi connectivity index (χ1) is 7.63. The second kappa shape index (κ2) is 7.42. The second-order valence-electron chi connectivity index (χ2n) is 3.21. The van der Waals surface area contributed by atoms with E-state index < -0.39 is 0 Å². The molecule has 0 saturated heterocycles. The molecule has 0 saturated carbocycles. The van der Waals surface area contributed by atoms with Crippen LogP contribution < -0.4 is 10.6 Å². The zero-order chi connectivity index (χ0) is 12.0. The third-order valence-electron chi connectivity index (χ3n) is 1.90. The molecule has 16 heavy (non-hydrogen) atoms. The van der Waals surface area contributed by atoms with Gasteiger partial charge < -0.3 is 10.6 Å². The Balaban J connectivity index is 2.18. The molecule has 0 aromatic carbocycles. The van der Waals surface area contributed by atoms with E-state index in [0.29, 0.717) is 19.5 Å². The van der Waals surface area contributed by atoms with E-state index in [-0.39, 0.29) is 5.91 Å². The van der Waals surface area contributed by atoms with Crippen molar-refractivity contribution >= 4 is 49.1 Å². The molecule has 2 N–H and O–H groups in total. The highest BCUT2D eigenvalue weighted by Gasteiger charge is 2.04. The van der Waals surface area contributed by atoms with Crippen LogP contribution in [0.3, 0.4) is 0 Å². The lowest BCUT2D eigenvalue weighted by Gasteiger charge is -2.03. The molecular weight excluding hydrogens is 356 g/mol. The van der Waals surface area contributed by atoms with Gasteiger partial charge in [0, 0.05) is 35.4 Å². The maximum absolute atomic E-state index is 11.1. The molecule has 6 heteroatoms. The minimum atomic E-state index is 0.101. The SMILES string of the molecule is CCNC(=O)CCNCc1cc(Br)c(Br)s1. The smallest absolute Gasteiger partial charge is 0.221 e. The summed E-state index contributed by atoms with van der Waals surface area (Å²) in [6.45, 7) is 4.13. The lowest BCUT2D eigenvalue weighted by molar-refractivity contribution is -0.120. The third-order valence-corrected chi connectivity index (χ3v) is 5.15. The largest absolute Gasteiger partial charge is 0.356 e. The molecule has 1 amide bonds. The van der Waals surface area contributed by atoms with E-state index in [2.05, 4.69) is 48.6 Å². The van der Waals surface area contributed by atoms with Gasteiger partial charge >= 0.3 is 0 Å². The van der Waals surface area contributed by atoms with Gasteiger partial charge in [0.1, 0.15) is 0 Å². The molecule has 0 unspecified atom stereocenters. The van der Waals surface area contributed by atoms with Gasteiger partial charge in [-0.1, -0.05) is 0 Å². The number of thiophene rings is 1. The quantitative estimate of drug-likeness (QED) is 0.757. The standard InChI is InChI=1S/C10H14Br2N2OS/c1-2-14-9(15)3-4-13-6-7-5-8(11)10(12)16-7/h5,13H,2-4,6H2,1H3,(H,14,15). The van der Waals surface area contributed by atoms with Gasteiger partial charge in [0.25, 0.3) is 0 Å². The van der Waals surface area contributed by atoms with Gasteiger partial charge in [0.2, 0.25) is 5.91 Å². The molecule has 1 heterocycles. The summed E-state index contributed by atoms with van der Waals surface area (Å²) in [4.78, 5) is 12.4. The summed E-state index contributed by atoms with van der Waals surface area (Å²) in [5, 5.41) is 6.01. The predicted octanol–water partition coefficient (Wildman–Crippen LogP) is 2.89. The van der Waals surface area contributed by atoms with Crippen molar-refractivity contribution in [1.29, 1.82) is 0 Å². The molecule has 0 radical (unpaired) electrons. The van der Waals surface area contributed by atoms with E-state index in [9.17, 15) is 4.79 Å². The Hall–Kier alpha value is 0.0900. The maximum Gasteiger partial charge on any atom is 0.221 e. The zero-order valence-electron chi connectivity index (χ0n) is 8.98. The lowest BCUT2D eigenvalue weighted by Crippen LogP contribution is -2.27. The van der Waals surface area contributed by atoms with Crippen LogP contribution in [0.15, 0.2) is 14.3 Å². The average molecular weight is 370 g/mol. The summed E-state index contributed by atoms with van der Waals surface area (Å²) >= 11 is 8.58. The molecule has 1 aromatic heterocycles. The third kappa shape index (κ3) is 4.95. The molecule has 0 aliphatic rings. The number of hydrogen-bond acceptors (Lipinski definition) is 3. The summed E-state index contributed by atoms with van der Waals surface area (Å²) in [6.07, 6.45) is 0.529. The molecule has 0 bridgehead atoms. The van der Waals surface area contributed by atoms with Gasteiger partial charge in [-0.15, -0.1) is 11.3 Å². The first-order valence-electron chi connectivity index (χ1n) is 5.04. The Bertz CT molecular complexity index is 335. The number of halogens is 2. The van der Waals surface area contributed by atoms with Crippen LogP contribution in [0.25, 0.3) is 0 Å². The van der Waals surface area contributed by atoms with Crippen molar-refractivity contribution in [2.75, 3.05) is 13.1 Å². The Morgan fingerprint density at radius 1 is 1.50 bits per heavy atom. The molecule has 0 fully saturated rings. The summed E-state index contributed by atoms with van der Waals surface area (Å²) in [5.41, 5.74) is 0. The van der Waals surface area contributed by atoms with E-state index in [1.165, 1.54) is 4.88 Å².